The first-order valence-corrected chi connectivity index (χ1v) is 30.1. The number of carbonyl (C=O) groups is 3. The summed E-state index contributed by atoms with van der Waals surface area (Å²) in [6, 6.07) is 0. The number of carbonyl (C=O) groups excluding carboxylic acids is 3. The Balaban J connectivity index is 4.30. The number of hydrogen-bond donors (Lipinski definition) is 0. The zero-order valence-corrected chi connectivity index (χ0v) is 46.2. The fourth-order valence-electron chi connectivity index (χ4n) is 9.32. The van der Waals surface area contributed by atoms with Crippen LogP contribution >= 0.6 is 0 Å². The van der Waals surface area contributed by atoms with Crippen molar-refractivity contribution in [1.29, 1.82) is 0 Å². The monoisotopic (exact) mass is 947 g/mol. The summed E-state index contributed by atoms with van der Waals surface area (Å²) in [5.41, 5.74) is 0. The molecule has 0 fully saturated rings. The molecule has 0 rings (SSSR count). The van der Waals surface area contributed by atoms with Crippen LogP contribution in [-0.4, -0.2) is 37.2 Å². The molecule has 398 valence electrons. The van der Waals surface area contributed by atoms with Crippen LogP contribution in [0, 0.1) is 17.8 Å². The Hall–Kier alpha value is -1.59. The average Bonchev–Trinajstić information content (AvgIpc) is 3.30. The molecule has 6 heteroatoms. The number of hydrogen-bond acceptors (Lipinski definition) is 6. The third-order valence-corrected chi connectivity index (χ3v) is 14.3. The van der Waals surface area contributed by atoms with Crippen LogP contribution in [-0.2, 0) is 28.6 Å². The van der Waals surface area contributed by atoms with Crippen molar-refractivity contribution >= 4 is 17.9 Å². The van der Waals surface area contributed by atoms with Crippen LogP contribution in [0.5, 0.6) is 0 Å². The van der Waals surface area contributed by atoms with Gasteiger partial charge >= 0.3 is 17.9 Å². The smallest absolute Gasteiger partial charge is 0.306 e. The topological polar surface area (TPSA) is 78.9 Å². The molecule has 0 aromatic heterocycles. The molecule has 0 saturated heterocycles. The molecular formula is C61H118O6. The van der Waals surface area contributed by atoms with Gasteiger partial charge in [0.25, 0.3) is 0 Å². The lowest BCUT2D eigenvalue weighted by atomic mass is 9.99. The van der Waals surface area contributed by atoms with E-state index < -0.39 is 6.10 Å². The molecule has 0 saturated carbocycles. The summed E-state index contributed by atoms with van der Waals surface area (Å²) < 4.78 is 16.9. The van der Waals surface area contributed by atoms with E-state index in [4.69, 9.17) is 14.2 Å². The van der Waals surface area contributed by atoms with Crippen molar-refractivity contribution < 1.29 is 28.6 Å². The predicted molar refractivity (Wildman–Crippen MR) is 289 cm³/mol. The second kappa shape index (κ2) is 52.2. The SMILES string of the molecule is CCC(C)CCCCCCCCCCCCC(=O)OC[C@H](COC(=O)CCCCCCCCCCCCCCCCCC(C)C)OC(=O)CCCCCCCCCCCCCCCCC(C)C. The second-order valence-electron chi connectivity index (χ2n) is 22.2. The van der Waals surface area contributed by atoms with E-state index in [1.54, 1.807) is 0 Å². The number of esters is 3. The average molecular weight is 948 g/mol. The lowest BCUT2D eigenvalue weighted by Gasteiger charge is -2.18. The molecule has 0 aromatic carbocycles. The van der Waals surface area contributed by atoms with Crippen LogP contribution < -0.4 is 0 Å². The number of rotatable bonds is 54. The molecule has 0 bridgehead atoms. The Bertz CT molecular complexity index is 1040. The zero-order valence-electron chi connectivity index (χ0n) is 46.2. The van der Waals surface area contributed by atoms with Crippen LogP contribution in [0.2, 0.25) is 0 Å². The highest BCUT2D eigenvalue weighted by Crippen LogP contribution is 2.19. The molecule has 2 atom stereocenters. The van der Waals surface area contributed by atoms with Gasteiger partial charge in [0.1, 0.15) is 13.2 Å². The molecule has 0 spiro atoms. The van der Waals surface area contributed by atoms with E-state index in [0.29, 0.717) is 19.3 Å². The predicted octanol–water partition coefficient (Wildman–Crippen LogP) is 19.9. The maximum absolute atomic E-state index is 12.9. The van der Waals surface area contributed by atoms with E-state index in [1.165, 1.54) is 218 Å². The first-order valence-electron chi connectivity index (χ1n) is 30.1. The maximum Gasteiger partial charge on any atom is 0.306 e. The van der Waals surface area contributed by atoms with E-state index in [2.05, 4.69) is 41.5 Å². The van der Waals surface area contributed by atoms with Gasteiger partial charge in [0.15, 0.2) is 6.10 Å². The van der Waals surface area contributed by atoms with Gasteiger partial charge in [-0.05, 0) is 37.0 Å². The molecule has 0 aromatic rings. The van der Waals surface area contributed by atoms with E-state index in [-0.39, 0.29) is 31.1 Å². The van der Waals surface area contributed by atoms with Crippen molar-refractivity contribution in [3.8, 4) is 0 Å². The number of unbranched alkanes of at least 4 members (excludes halogenated alkanes) is 36. The summed E-state index contributed by atoms with van der Waals surface area (Å²) in [4.78, 5) is 38.2. The van der Waals surface area contributed by atoms with E-state index in [1.807, 2.05) is 0 Å². The first-order chi connectivity index (χ1) is 32.6. The Morgan fingerprint density at radius 3 is 0.776 bits per heavy atom. The van der Waals surface area contributed by atoms with Crippen molar-refractivity contribution in [2.45, 2.75) is 343 Å². The van der Waals surface area contributed by atoms with Gasteiger partial charge in [-0.25, -0.2) is 0 Å². The van der Waals surface area contributed by atoms with Crippen molar-refractivity contribution in [2.24, 2.45) is 17.8 Å². The quantitative estimate of drug-likeness (QED) is 0.0343. The molecule has 1 unspecified atom stereocenters. The van der Waals surface area contributed by atoms with Gasteiger partial charge in [-0.2, -0.15) is 0 Å². The normalized spacial score (nSPS) is 12.5. The van der Waals surface area contributed by atoms with Crippen molar-refractivity contribution in [2.75, 3.05) is 13.2 Å². The first kappa shape index (κ1) is 65.4. The standard InChI is InChI=1S/C61H118O6/c1-7-57(6)49-43-37-31-25-21-22-27-33-39-45-51-60(63)66-54-58(67-61(64)52-46-40-34-28-20-16-12-11-14-18-24-30-36-42-48-56(4)5)53-65-59(62)50-44-38-32-26-19-15-10-8-9-13-17-23-29-35-41-47-55(2)3/h55-58H,7-54H2,1-6H3/t57?,58-/m0/s1. The highest BCUT2D eigenvalue weighted by molar-refractivity contribution is 5.71. The van der Waals surface area contributed by atoms with Crippen LogP contribution in [0.15, 0.2) is 0 Å². The minimum Gasteiger partial charge on any atom is -0.462 e. The summed E-state index contributed by atoms with van der Waals surface area (Å²) in [6.45, 7) is 13.8. The van der Waals surface area contributed by atoms with Gasteiger partial charge in [0, 0.05) is 19.3 Å². The lowest BCUT2D eigenvalue weighted by molar-refractivity contribution is -0.167. The molecule has 0 aliphatic carbocycles. The highest BCUT2D eigenvalue weighted by atomic mass is 16.6. The van der Waals surface area contributed by atoms with Gasteiger partial charge in [-0.3, -0.25) is 14.4 Å². The number of ether oxygens (including phenoxy) is 3. The van der Waals surface area contributed by atoms with Gasteiger partial charge in [0.2, 0.25) is 0 Å². The lowest BCUT2D eigenvalue weighted by Crippen LogP contribution is -2.30. The largest absolute Gasteiger partial charge is 0.462 e. The van der Waals surface area contributed by atoms with Gasteiger partial charge in [-0.15, -0.1) is 0 Å². The minimum absolute atomic E-state index is 0.0632. The molecular weight excluding hydrogens is 829 g/mol. The van der Waals surface area contributed by atoms with Crippen molar-refractivity contribution in [3.05, 3.63) is 0 Å². The van der Waals surface area contributed by atoms with E-state index in [9.17, 15) is 14.4 Å². The molecule has 6 nitrogen and oxygen atoms in total. The Labute approximate surface area is 418 Å². The summed E-state index contributed by atoms with van der Waals surface area (Å²) in [5, 5.41) is 0. The molecule has 0 N–H and O–H groups in total. The van der Waals surface area contributed by atoms with Crippen molar-refractivity contribution in [3.63, 3.8) is 0 Å². The van der Waals surface area contributed by atoms with E-state index in [0.717, 1.165) is 75.5 Å². The highest BCUT2D eigenvalue weighted by Gasteiger charge is 2.19. The molecule has 0 aliphatic rings. The van der Waals surface area contributed by atoms with Crippen LogP contribution in [0.3, 0.4) is 0 Å². The summed E-state index contributed by atoms with van der Waals surface area (Å²) >= 11 is 0. The minimum atomic E-state index is -0.764. The van der Waals surface area contributed by atoms with Crippen molar-refractivity contribution in [1.82, 2.24) is 0 Å². The van der Waals surface area contributed by atoms with Gasteiger partial charge in [0.05, 0.1) is 0 Å². The molecule has 0 aliphatic heterocycles. The van der Waals surface area contributed by atoms with Gasteiger partial charge < -0.3 is 14.2 Å². The van der Waals surface area contributed by atoms with E-state index >= 15 is 0 Å². The molecule has 0 heterocycles. The Morgan fingerprint density at radius 1 is 0.299 bits per heavy atom. The fraction of sp³-hybridized carbons (Fsp3) is 0.951. The molecule has 67 heavy (non-hydrogen) atoms. The second-order valence-corrected chi connectivity index (χ2v) is 22.2. The third-order valence-electron chi connectivity index (χ3n) is 14.3. The molecule has 0 radical (unpaired) electrons. The Kier molecular flexibility index (Phi) is 51.0. The van der Waals surface area contributed by atoms with Crippen LogP contribution in [0.25, 0.3) is 0 Å². The zero-order chi connectivity index (χ0) is 49.1. The van der Waals surface area contributed by atoms with Crippen LogP contribution in [0.4, 0.5) is 0 Å². The van der Waals surface area contributed by atoms with Gasteiger partial charge in [-0.1, -0.05) is 298 Å². The fourth-order valence-corrected chi connectivity index (χ4v) is 9.32. The Morgan fingerprint density at radius 2 is 0.522 bits per heavy atom. The summed E-state index contributed by atoms with van der Waals surface area (Å²) in [6.07, 6.45) is 55.2. The summed E-state index contributed by atoms with van der Waals surface area (Å²) in [5.74, 6) is 1.72. The molecule has 0 amide bonds. The summed E-state index contributed by atoms with van der Waals surface area (Å²) in [7, 11) is 0. The van der Waals surface area contributed by atoms with Crippen LogP contribution in [0.1, 0.15) is 337 Å². The maximum atomic E-state index is 12.9. The third kappa shape index (κ3) is 53.6.